The van der Waals surface area contributed by atoms with Gasteiger partial charge < -0.3 is 15.4 Å². The number of nitrogens with one attached hydrogen (secondary N) is 2. The molecular weight excluding hydrogens is 156 g/mol. The average Bonchev–Trinajstić information content (AvgIpc) is 2.16. The van der Waals surface area contributed by atoms with Crippen LogP contribution in [0.1, 0.15) is 6.42 Å². The van der Waals surface area contributed by atoms with Gasteiger partial charge in [0.1, 0.15) is 0 Å². The first-order valence-corrected chi connectivity index (χ1v) is 4.04. The molecule has 1 aliphatic heterocycles. The first-order valence-electron chi connectivity index (χ1n) is 4.04. The second-order valence-electron chi connectivity index (χ2n) is 2.64. The van der Waals surface area contributed by atoms with Crippen molar-refractivity contribution in [1.82, 2.24) is 10.6 Å². The lowest BCUT2D eigenvalue weighted by Gasteiger charge is -2.13. The molecule has 0 radical (unpaired) electrons. The summed E-state index contributed by atoms with van der Waals surface area (Å²) in [4.78, 5) is 10.8. The first kappa shape index (κ1) is 9.06. The molecule has 0 aliphatic carbocycles. The number of carbonyl (C=O) groups is 1. The summed E-state index contributed by atoms with van der Waals surface area (Å²) < 4.78 is 5.21. The second-order valence-corrected chi connectivity index (χ2v) is 2.64. The van der Waals surface area contributed by atoms with Crippen molar-refractivity contribution in [3.05, 3.63) is 11.6 Å². The molecule has 4 heteroatoms. The van der Waals surface area contributed by atoms with Crippen LogP contribution in [0.15, 0.2) is 11.6 Å². The molecule has 68 valence electrons. The Morgan fingerprint density at radius 2 is 2.58 bits per heavy atom. The van der Waals surface area contributed by atoms with Crippen LogP contribution in [0.4, 0.5) is 4.79 Å². The Bertz CT molecular complexity index is 189. The van der Waals surface area contributed by atoms with Crippen molar-refractivity contribution < 1.29 is 9.53 Å². The molecule has 0 aromatic rings. The van der Waals surface area contributed by atoms with E-state index in [1.807, 2.05) is 0 Å². The van der Waals surface area contributed by atoms with E-state index in [1.165, 1.54) is 0 Å². The molecule has 1 rings (SSSR count). The normalized spacial score (nSPS) is 16.6. The van der Waals surface area contributed by atoms with Crippen LogP contribution in [0, 0.1) is 0 Å². The predicted molar refractivity (Wildman–Crippen MR) is 46.0 cm³/mol. The van der Waals surface area contributed by atoms with Crippen LogP contribution < -0.4 is 10.6 Å². The van der Waals surface area contributed by atoms with E-state index in [2.05, 4.69) is 16.7 Å². The van der Waals surface area contributed by atoms with Gasteiger partial charge in [-0.1, -0.05) is 6.08 Å². The zero-order valence-electron chi connectivity index (χ0n) is 7.22. The SMILES string of the molecule is CNC(=O)NCC1=CCCOC1. The highest BCUT2D eigenvalue weighted by Gasteiger charge is 2.04. The van der Waals surface area contributed by atoms with Crippen molar-refractivity contribution in [3.63, 3.8) is 0 Å². The van der Waals surface area contributed by atoms with Gasteiger partial charge in [0.2, 0.25) is 0 Å². The van der Waals surface area contributed by atoms with Crippen LogP contribution in [0.5, 0.6) is 0 Å². The third-order valence-corrected chi connectivity index (χ3v) is 1.69. The van der Waals surface area contributed by atoms with Crippen molar-refractivity contribution in [1.29, 1.82) is 0 Å². The van der Waals surface area contributed by atoms with Crippen molar-refractivity contribution >= 4 is 6.03 Å². The summed E-state index contributed by atoms with van der Waals surface area (Å²) in [5.74, 6) is 0. The summed E-state index contributed by atoms with van der Waals surface area (Å²) in [6.07, 6.45) is 3.06. The largest absolute Gasteiger partial charge is 0.377 e. The fraction of sp³-hybridized carbons (Fsp3) is 0.625. The van der Waals surface area contributed by atoms with Gasteiger partial charge in [-0.2, -0.15) is 0 Å². The molecule has 0 atom stereocenters. The highest BCUT2D eigenvalue weighted by Crippen LogP contribution is 2.03. The monoisotopic (exact) mass is 170 g/mol. The number of hydrogen-bond donors (Lipinski definition) is 2. The van der Waals surface area contributed by atoms with Gasteiger partial charge >= 0.3 is 6.03 Å². The van der Waals surface area contributed by atoms with Crippen LogP contribution in [0.2, 0.25) is 0 Å². The maximum Gasteiger partial charge on any atom is 0.314 e. The fourth-order valence-corrected chi connectivity index (χ4v) is 1.01. The first-order chi connectivity index (χ1) is 5.83. The quantitative estimate of drug-likeness (QED) is 0.584. The van der Waals surface area contributed by atoms with Crippen molar-refractivity contribution in [2.75, 3.05) is 26.8 Å². The molecule has 0 saturated carbocycles. The summed E-state index contributed by atoms with van der Waals surface area (Å²) in [6.45, 7) is 2.02. The van der Waals surface area contributed by atoms with Crippen molar-refractivity contribution in [2.45, 2.75) is 6.42 Å². The molecule has 0 bridgehead atoms. The third kappa shape index (κ3) is 2.92. The number of hydrogen-bond acceptors (Lipinski definition) is 2. The number of rotatable bonds is 2. The van der Waals surface area contributed by atoms with E-state index in [9.17, 15) is 4.79 Å². The fourth-order valence-electron chi connectivity index (χ4n) is 1.01. The van der Waals surface area contributed by atoms with Crippen LogP contribution in [0.3, 0.4) is 0 Å². The van der Waals surface area contributed by atoms with Crippen LogP contribution in [-0.4, -0.2) is 32.8 Å². The topological polar surface area (TPSA) is 50.4 Å². The maximum absolute atomic E-state index is 10.8. The Labute approximate surface area is 72.0 Å². The van der Waals surface area contributed by atoms with Gasteiger partial charge in [-0.25, -0.2) is 4.79 Å². The minimum absolute atomic E-state index is 0.151. The summed E-state index contributed by atoms with van der Waals surface area (Å²) >= 11 is 0. The van der Waals surface area contributed by atoms with Crippen molar-refractivity contribution in [3.8, 4) is 0 Å². The van der Waals surface area contributed by atoms with E-state index in [0.717, 1.165) is 18.6 Å². The highest BCUT2D eigenvalue weighted by molar-refractivity contribution is 5.73. The minimum Gasteiger partial charge on any atom is -0.377 e. The Morgan fingerprint density at radius 3 is 3.17 bits per heavy atom. The summed E-state index contributed by atoms with van der Waals surface area (Å²) in [5, 5.41) is 5.19. The third-order valence-electron chi connectivity index (χ3n) is 1.69. The minimum atomic E-state index is -0.151. The van der Waals surface area contributed by atoms with Crippen LogP contribution in [0.25, 0.3) is 0 Å². The standard InChI is InChI=1S/C8H14N2O2/c1-9-8(11)10-5-7-3-2-4-12-6-7/h3H,2,4-6H2,1H3,(H2,9,10,11). The predicted octanol–water partition coefficient (Wildman–Crippen LogP) is 0.262. The van der Waals surface area contributed by atoms with Gasteiger partial charge in [0, 0.05) is 13.6 Å². The molecule has 12 heavy (non-hydrogen) atoms. The van der Waals surface area contributed by atoms with Gasteiger partial charge in [0.25, 0.3) is 0 Å². The van der Waals surface area contributed by atoms with E-state index in [4.69, 9.17) is 4.74 Å². The lowest BCUT2D eigenvalue weighted by atomic mass is 10.2. The summed E-state index contributed by atoms with van der Waals surface area (Å²) in [5.41, 5.74) is 1.14. The summed E-state index contributed by atoms with van der Waals surface area (Å²) in [7, 11) is 1.60. The maximum atomic E-state index is 10.8. The molecule has 2 amide bonds. The smallest absolute Gasteiger partial charge is 0.314 e. The van der Waals surface area contributed by atoms with Gasteiger partial charge in [0.15, 0.2) is 0 Å². The lowest BCUT2D eigenvalue weighted by molar-refractivity contribution is 0.149. The van der Waals surface area contributed by atoms with E-state index >= 15 is 0 Å². The average molecular weight is 170 g/mol. The molecule has 1 heterocycles. The molecule has 0 aromatic carbocycles. The van der Waals surface area contributed by atoms with Gasteiger partial charge in [-0.3, -0.25) is 0 Å². The van der Waals surface area contributed by atoms with Gasteiger partial charge in [-0.05, 0) is 12.0 Å². The molecule has 1 aliphatic rings. The van der Waals surface area contributed by atoms with E-state index < -0.39 is 0 Å². The molecule has 0 unspecified atom stereocenters. The molecule has 0 spiro atoms. The number of ether oxygens (including phenoxy) is 1. The van der Waals surface area contributed by atoms with Gasteiger partial charge in [0.05, 0.1) is 13.2 Å². The van der Waals surface area contributed by atoms with Gasteiger partial charge in [-0.15, -0.1) is 0 Å². The van der Waals surface area contributed by atoms with E-state index in [1.54, 1.807) is 7.05 Å². The van der Waals surface area contributed by atoms with Crippen molar-refractivity contribution in [2.24, 2.45) is 0 Å². The second kappa shape index (κ2) is 4.77. The lowest BCUT2D eigenvalue weighted by Crippen LogP contribution is -2.34. The van der Waals surface area contributed by atoms with E-state index in [-0.39, 0.29) is 6.03 Å². The van der Waals surface area contributed by atoms with Crippen LogP contribution in [-0.2, 0) is 4.74 Å². The van der Waals surface area contributed by atoms with E-state index in [0.29, 0.717) is 13.2 Å². The molecule has 0 fully saturated rings. The molecular formula is C8H14N2O2. The zero-order valence-corrected chi connectivity index (χ0v) is 7.22. The molecule has 4 nitrogen and oxygen atoms in total. The molecule has 0 aromatic heterocycles. The Hall–Kier alpha value is -1.03. The Balaban J connectivity index is 2.21. The Kier molecular flexibility index (Phi) is 3.60. The highest BCUT2D eigenvalue weighted by atomic mass is 16.5. The molecule has 2 N–H and O–H groups in total. The number of amides is 2. The molecule has 0 saturated heterocycles. The number of urea groups is 1. The summed E-state index contributed by atoms with van der Waals surface area (Å²) in [6, 6.07) is -0.151. The Morgan fingerprint density at radius 1 is 1.75 bits per heavy atom. The zero-order chi connectivity index (χ0) is 8.81. The number of carbonyl (C=O) groups excluding carboxylic acids is 1. The van der Waals surface area contributed by atoms with Crippen LogP contribution >= 0.6 is 0 Å².